The van der Waals surface area contributed by atoms with Crippen molar-refractivity contribution < 1.29 is 19.1 Å². The van der Waals surface area contributed by atoms with Crippen LogP contribution in [-0.2, 0) is 6.54 Å². The largest absolute Gasteiger partial charge is 0.494 e. The van der Waals surface area contributed by atoms with Gasteiger partial charge < -0.3 is 14.3 Å². The maximum absolute atomic E-state index is 13.4. The molecule has 0 aliphatic rings. The van der Waals surface area contributed by atoms with E-state index in [0.717, 1.165) is 23.8 Å². The summed E-state index contributed by atoms with van der Waals surface area (Å²) in [6.45, 7) is 3.79. The number of aromatic nitrogens is 1. The van der Waals surface area contributed by atoms with Crippen molar-refractivity contribution in [2.24, 2.45) is 0 Å². The van der Waals surface area contributed by atoms with Gasteiger partial charge in [0.15, 0.2) is 11.5 Å². The van der Waals surface area contributed by atoms with Gasteiger partial charge >= 0.3 is 0 Å². The van der Waals surface area contributed by atoms with Crippen molar-refractivity contribution in [2.45, 2.75) is 39.7 Å². The van der Waals surface area contributed by atoms with Crippen LogP contribution in [0.4, 0.5) is 0 Å². The van der Waals surface area contributed by atoms with Gasteiger partial charge in [-0.25, -0.2) is 0 Å². The molecule has 9 heteroatoms. The first-order chi connectivity index (χ1) is 15.8. The molecule has 0 fully saturated rings. The SMILES string of the molecule is CCCCCOc1c(Cl)cc(C(=O)c2c(C)c(C#N)c(=O)n(Cc3ccco3)c2O)cc1Cl. The average Bonchev–Trinajstić information content (AvgIpc) is 3.29. The number of nitriles is 1. The number of unbranched alkanes of at least 4 members (excludes halogenated alkanes) is 2. The summed E-state index contributed by atoms with van der Waals surface area (Å²) in [7, 11) is 0. The highest BCUT2D eigenvalue weighted by atomic mass is 35.5. The van der Waals surface area contributed by atoms with Crippen molar-refractivity contribution in [1.29, 1.82) is 5.26 Å². The second-order valence-electron chi connectivity index (χ2n) is 7.43. The number of aromatic hydroxyl groups is 1. The first-order valence-electron chi connectivity index (χ1n) is 10.4. The lowest BCUT2D eigenvalue weighted by Gasteiger charge is -2.16. The Labute approximate surface area is 200 Å². The van der Waals surface area contributed by atoms with Gasteiger partial charge in [-0.15, -0.1) is 0 Å². The summed E-state index contributed by atoms with van der Waals surface area (Å²) in [4.78, 5) is 26.1. The van der Waals surface area contributed by atoms with Crippen LogP contribution in [0.2, 0.25) is 10.0 Å². The zero-order valence-corrected chi connectivity index (χ0v) is 19.7. The molecule has 0 radical (unpaired) electrons. The van der Waals surface area contributed by atoms with Crippen LogP contribution < -0.4 is 10.3 Å². The number of ketones is 1. The van der Waals surface area contributed by atoms with E-state index in [4.69, 9.17) is 32.4 Å². The van der Waals surface area contributed by atoms with Crippen LogP contribution in [0.1, 0.15) is 59.0 Å². The van der Waals surface area contributed by atoms with E-state index in [1.54, 1.807) is 12.1 Å². The molecule has 1 aromatic carbocycles. The zero-order chi connectivity index (χ0) is 24.1. The van der Waals surface area contributed by atoms with Crippen LogP contribution in [0.15, 0.2) is 39.7 Å². The van der Waals surface area contributed by atoms with Crippen LogP contribution in [0.25, 0.3) is 0 Å². The third kappa shape index (κ3) is 5.08. The first-order valence-corrected chi connectivity index (χ1v) is 11.1. The van der Waals surface area contributed by atoms with E-state index in [9.17, 15) is 20.0 Å². The summed E-state index contributed by atoms with van der Waals surface area (Å²) in [5.41, 5.74) is -1.03. The van der Waals surface area contributed by atoms with Crippen LogP contribution in [-0.4, -0.2) is 22.1 Å². The number of halogens is 2. The molecule has 33 heavy (non-hydrogen) atoms. The number of nitrogens with zero attached hydrogens (tertiary/aromatic N) is 2. The summed E-state index contributed by atoms with van der Waals surface area (Å²) >= 11 is 12.6. The minimum atomic E-state index is -0.729. The molecule has 2 heterocycles. The molecule has 3 aromatic rings. The van der Waals surface area contributed by atoms with Gasteiger partial charge in [-0.3, -0.25) is 14.2 Å². The minimum Gasteiger partial charge on any atom is -0.494 e. The second kappa shape index (κ2) is 10.6. The van der Waals surface area contributed by atoms with Gasteiger partial charge in [-0.2, -0.15) is 5.26 Å². The predicted molar refractivity (Wildman–Crippen MR) is 125 cm³/mol. The van der Waals surface area contributed by atoms with Gasteiger partial charge in [0.2, 0.25) is 5.88 Å². The Hall–Kier alpha value is -3.21. The summed E-state index contributed by atoms with van der Waals surface area (Å²) in [6, 6.07) is 7.83. The standard InChI is InChI=1S/C24H22Cl2N2O5/c1-3-4-5-8-33-22-18(25)10-15(11-19(22)26)21(29)20-14(2)17(12-27)23(30)28(24(20)31)13-16-7-6-9-32-16/h6-7,9-11,31H,3-5,8,13H2,1-2H3. The van der Waals surface area contributed by atoms with E-state index < -0.39 is 17.2 Å². The molecule has 2 aromatic heterocycles. The van der Waals surface area contributed by atoms with E-state index in [-0.39, 0.29) is 44.6 Å². The maximum atomic E-state index is 13.4. The number of hydrogen-bond acceptors (Lipinski definition) is 6. The molecule has 0 saturated heterocycles. The fraction of sp³-hybridized carbons (Fsp3) is 0.292. The lowest BCUT2D eigenvalue weighted by atomic mass is 9.97. The number of benzene rings is 1. The van der Waals surface area contributed by atoms with E-state index in [1.165, 1.54) is 25.3 Å². The van der Waals surface area contributed by atoms with Crippen LogP contribution in [0.3, 0.4) is 0 Å². The third-order valence-corrected chi connectivity index (χ3v) is 5.74. The van der Waals surface area contributed by atoms with Crippen LogP contribution >= 0.6 is 23.2 Å². The fourth-order valence-corrected chi connectivity index (χ4v) is 4.02. The molecule has 0 saturated carbocycles. The fourth-order valence-electron chi connectivity index (χ4n) is 3.43. The molecule has 0 spiro atoms. The molecule has 0 amide bonds. The van der Waals surface area contributed by atoms with Gasteiger partial charge in [0.05, 0.1) is 35.0 Å². The number of carbonyl (C=O) groups excluding carboxylic acids is 1. The number of hydrogen-bond donors (Lipinski definition) is 1. The van der Waals surface area contributed by atoms with Crippen molar-refractivity contribution >= 4 is 29.0 Å². The van der Waals surface area contributed by atoms with Gasteiger partial charge in [0, 0.05) is 5.56 Å². The first kappa shape index (κ1) is 24.4. The Balaban J connectivity index is 2.05. The maximum Gasteiger partial charge on any atom is 0.271 e. The minimum absolute atomic E-state index is 0.0628. The van der Waals surface area contributed by atoms with Crippen LogP contribution in [0, 0.1) is 18.3 Å². The van der Waals surface area contributed by atoms with Gasteiger partial charge in [-0.05, 0) is 43.2 Å². The summed E-state index contributed by atoms with van der Waals surface area (Å²) in [5.74, 6) is -0.581. The van der Waals surface area contributed by atoms with Gasteiger partial charge in [0.25, 0.3) is 5.56 Å². The van der Waals surface area contributed by atoms with E-state index in [1.807, 2.05) is 6.07 Å². The molecule has 172 valence electrons. The molecule has 1 N–H and O–H groups in total. The van der Waals surface area contributed by atoms with Crippen molar-refractivity contribution in [3.05, 3.63) is 78.9 Å². The highest BCUT2D eigenvalue weighted by Crippen LogP contribution is 2.36. The summed E-state index contributed by atoms with van der Waals surface area (Å²) in [5, 5.41) is 20.7. The van der Waals surface area contributed by atoms with Crippen LogP contribution in [0.5, 0.6) is 11.6 Å². The molecule has 0 aliphatic heterocycles. The summed E-state index contributed by atoms with van der Waals surface area (Å²) in [6.07, 6.45) is 4.29. The Morgan fingerprint density at radius 1 is 1.27 bits per heavy atom. The molecule has 3 rings (SSSR count). The van der Waals surface area contributed by atoms with Crippen molar-refractivity contribution in [3.8, 4) is 17.7 Å². The quantitative estimate of drug-likeness (QED) is 0.315. The summed E-state index contributed by atoms with van der Waals surface area (Å²) < 4.78 is 11.8. The predicted octanol–water partition coefficient (Wildman–Crippen LogP) is 5.48. The number of furan rings is 1. The molecule has 0 atom stereocenters. The van der Waals surface area contributed by atoms with Crippen molar-refractivity contribution in [3.63, 3.8) is 0 Å². The average molecular weight is 489 g/mol. The Bertz CT molecular complexity index is 1250. The lowest BCUT2D eigenvalue weighted by Crippen LogP contribution is -2.27. The highest BCUT2D eigenvalue weighted by molar-refractivity contribution is 6.38. The number of pyridine rings is 1. The Kier molecular flexibility index (Phi) is 7.85. The third-order valence-electron chi connectivity index (χ3n) is 5.18. The Morgan fingerprint density at radius 3 is 2.55 bits per heavy atom. The van der Waals surface area contributed by atoms with E-state index >= 15 is 0 Å². The smallest absolute Gasteiger partial charge is 0.271 e. The molecule has 0 unspecified atom stereocenters. The second-order valence-corrected chi connectivity index (χ2v) is 8.25. The normalized spacial score (nSPS) is 10.8. The lowest BCUT2D eigenvalue weighted by molar-refractivity contribution is 0.103. The molecular formula is C24H22Cl2N2O5. The van der Waals surface area contributed by atoms with Gasteiger partial charge in [-0.1, -0.05) is 43.0 Å². The van der Waals surface area contributed by atoms with Gasteiger partial charge in [0.1, 0.15) is 17.4 Å². The topological polar surface area (TPSA) is 105 Å². The number of carbonyl (C=O) groups is 1. The van der Waals surface area contributed by atoms with Crippen molar-refractivity contribution in [1.82, 2.24) is 4.57 Å². The Morgan fingerprint density at radius 2 is 1.97 bits per heavy atom. The molecule has 0 bridgehead atoms. The molecule has 0 aliphatic carbocycles. The monoisotopic (exact) mass is 488 g/mol. The van der Waals surface area contributed by atoms with E-state index in [2.05, 4.69) is 6.92 Å². The zero-order valence-electron chi connectivity index (χ0n) is 18.2. The number of rotatable bonds is 9. The molecular weight excluding hydrogens is 467 g/mol. The molecule has 7 nitrogen and oxygen atoms in total. The van der Waals surface area contributed by atoms with E-state index in [0.29, 0.717) is 12.4 Å². The highest BCUT2D eigenvalue weighted by Gasteiger charge is 2.26. The van der Waals surface area contributed by atoms with Crippen molar-refractivity contribution in [2.75, 3.05) is 6.61 Å². The number of ether oxygens (including phenoxy) is 1.